The van der Waals surface area contributed by atoms with E-state index in [1.165, 1.54) is 11.1 Å². The Kier molecular flexibility index (Phi) is 2.73. The van der Waals surface area contributed by atoms with Crippen LogP contribution in [0.3, 0.4) is 0 Å². The molecular formula is C19H23NO3. The summed E-state index contributed by atoms with van der Waals surface area (Å²) in [4.78, 5) is 2.55. The van der Waals surface area contributed by atoms with Crippen molar-refractivity contribution in [3.8, 4) is 11.5 Å². The fourth-order valence-corrected chi connectivity index (χ4v) is 5.99. The molecule has 1 saturated carbocycles. The van der Waals surface area contributed by atoms with Gasteiger partial charge in [0.05, 0.1) is 6.10 Å². The first-order valence-corrected chi connectivity index (χ1v) is 8.72. The Morgan fingerprint density at radius 3 is 3.09 bits per heavy atom. The van der Waals surface area contributed by atoms with Crippen LogP contribution in [0.2, 0.25) is 0 Å². The molecule has 2 aliphatic carbocycles. The number of hydrogen-bond donors (Lipinski definition) is 2. The second-order valence-corrected chi connectivity index (χ2v) is 7.58. The largest absolute Gasteiger partial charge is 0.504 e. The second-order valence-electron chi connectivity index (χ2n) is 7.58. The molecule has 0 radical (unpaired) electrons. The summed E-state index contributed by atoms with van der Waals surface area (Å²) in [7, 11) is 0. The summed E-state index contributed by atoms with van der Waals surface area (Å²) < 4.78 is 6.18. The number of aliphatic hydroxyl groups excluding tert-OH is 1. The van der Waals surface area contributed by atoms with Crippen LogP contribution >= 0.6 is 0 Å². The highest BCUT2D eigenvalue weighted by Crippen LogP contribution is 2.63. The topological polar surface area (TPSA) is 52.9 Å². The molecule has 4 nitrogen and oxygen atoms in total. The van der Waals surface area contributed by atoms with Crippen molar-refractivity contribution in [3.05, 3.63) is 35.9 Å². The number of benzene rings is 1. The number of ether oxygens (including phenoxy) is 1. The summed E-state index contributed by atoms with van der Waals surface area (Å²) in [6.45, 7) is 5.85. The molecule has 4 heteroatoms. The van der Waals surface area contributed by atoms with Crippen molar-refractivity contribution in [3.63, 3.8) is 0 Å². The standard InChI is InChI=1S/C19H23NO3/c1-2-8-20-9-7-19-12-4-6-15(22)18(19)23-17-14(21)5-3-11(16(17)19)10-13(12)20/h2-3,5,12-13,15,18,21-22H,1,4,6-10H2/t12?,13?,15-,18?,19-/m1/s1. The van der Waals surface area contributed by atoms with E-state index in [0.717, 1.165) is 38.8 Å². The minimum Gasteiger partial charge on any atom is -0.504 e. The Labute approximate surface area is 136 Å². The molecule has 23 heavy (non-hydrogen) atoms. The van der Waals surface area contributed by atoms with Gasteiger partial charge in [-0.15, -0.1) is 6.58 Å². The average Bonchev–Trinajstić information content (AvgIpc) is 2.89. The first-order chi connectivity index (χ1) is 11.2. The predicted molar refractivity (Wildman–Crippen MR) is 86.8 cm³/mol. The lowest BCUT2D eigenvalue weighted by Crippen LogP contribution is -2.66. The minimum absolute atomic E-state index is 0.109. The molecule has 1 aromatic rings. The molecule has 0 amide bonds. The highest BCUT2D eigenvalue weighted by atomic mass is 16.5. The Hall–Kier alpha value is -1.52. The number of piperidine rings is 1. The lowest BCUT2D eigenvalue weighted by molar-refractivity contribution is -0.102. The number of hydrogen-bond acceptors (Lipinski definition) is 4. The third-order valence-electron chi connectivity index (χ3n) is 6.76. The third-order valence-corrected chi connectivity index (χ3v) is 6.76. The smallest absolute Gasteiger partial charge is 0.165 e. The monoisotopic (exact) mass is 313 g/mol. The summed E-state index contributed by atoms with van der Waals surface area (Å²) in [5.74, 6) is 1.37. The number of phenols is 1. The molecule has 2 aliphatic heterocycles. The van der Waals surface area contributed by atoms with Gasteiger partial charge >= 0.3 is 0 Å². The van der Waals surface area contributed by atoms with Gasteiger partial charge in [0.1, 0.15) is 6.10 Å². The summed E-state index contributed by atoms with van der Waals surface area (Å²) in [5.41, 5.74) is 2.40. The molecule has 1 aromatic carbocycles. The fraction of sp³-hybridized carbons (Fsp3) is 0.579. The van der Waals surface area contributed by atoms with Crippen molar-refractivity contribution in [2.75, 3.05) is 13.1 Å². The predicted octanol–water partition coefficient (Wildman–Crippen LogP) is 1.98. The average molecular weight is 313 g/mol. The van der Waals surface area contributed by atoms with Crippen molar-refractivity contribution in [2.45, 2.75) is 49.3 Å². The molecule has 2 fully saturated rings. The van der Waals surface area contributed by atoms with Gasteiger partial charge in [-0.3, -0.25) is 4.90 Å². The summed E-state index contributed by atoms with van der Waals surface area (Å²) in [6.07, 6.45) is 5.19. The van der Waals surface area contributed by atoms with Gasteiger partial charge in [-0.2, -0.15) is 0 Å². The summed E-state index contributed by atoms with van der Waals surface area (Å²) in [6, 6.07) is 4.30. The zero-order valence-corrected chi connectivity index (χ0v) is 13.2. The van der Waals surface area contributed by atoms with E-state index in [-0.39, 0.29) is 17.3 Å². The number of rotatable bonds is 2. The van der Waals surface area contributed by atoms with Crippen molar-refractivity contribution in [1.29, 1.82) is 0 Å². The number of aliphatic hydroxyl groups is 1. The van der Waals surface area contributed by atoms with Gasteiger partial charge in [-0.05, 0) is 49.8 Å². The summed E-state index contributed by atoms with van der Waals surface area (Å²) in [5, 5.41) is 20.9. The van der Waals surface area contributed by atoms with E-state index in [1.54, 1.807) is 6.07 Å². The van der Waals surface area contributed by atoms with Crippen LogP contribution in [-0.2, 0) is 11.8 Å². The van der Waals surface area contributed by atoms with Crippen molar-refractivity contribution < 1.29 is 14.9 Å². The molecule has 5 rings (SSSR count). The van der Waals surface area contributed by atoms with Gasteiger partial charge in [0.25, 0.3) is 0 Å². The maximum absolute atomic E-state index is 10.6. The van der Waals surface area contributed by atoms with E-state index in [1.807, 2.05) is 6.08 Å². The van der Waals surface area contributed by atoms with E-state index < -0.39 is 6.10 Å². The number of nitrogens with zero attached hydrogens (tertiary/aromatic N) is 1. The van der Waals surface area contributed by atoms with E-state index in [0.29, 0.717) is 17.7 Å². The van der Waals surface area contributed by atoms with Crippen molar-refractivity contribution in [1.82, 2.24) is 4.90 Å². The van der Waals surface area contributed by atoms with E-state index in [9.17, 15) is 10.2 Å². The molecule has 4 aliphatic rings. The van der Waals surface area contributed by atoms with Gasteiger partial charge < -0.3 is 14.9 Å². The SMILES string of the molecule is C=CCN1CC[C@@]23c4c5ccc(O)c4OC2[C@H](O)CCC3C1C5. The molecule has 2 bridgehead atoms. The van der Waals surface area contributed by atoms with Gasteiger partial charge in [0.2, 0.25) is 0 Å². The van der Waals surface area contributed by atoms with Crippen LogP contribution in [-0.4, -0.2) is 46.5 Å². The van der Waals surface area contributed by atoms with Gasteiger partial charge in [-0.25, -0.2) is 0 Å². The highest BCUT2D eigenvalue weighted by molar-refractivity contribution is 5.60. The van der Waals surface area contributed by atoms with Crippen LogP contribution < -0.4 is 4.74 Å². The van der Waals surface area contributed by atoms with Gasteiger partial charge in [0, 0.05) is 23.6 Å². The zero-order chi connectivity index (χ0) is 15.8. The number of aromatic hydroxyl groups is 1. The van der Waals surface area contributed by atoms with Crippen molar-refractivity contribution in [2.24, 2.45) is 5.92 Å². The van der Waals surface area contributed by atoms with Gasteiger partial charge in [0.15, 0.2) is 11.5 Å². The van der Waals surface area contributed by atoms with E-state index >= 15 is 0 Å². The molecule has 2 heterocycles. The Bertz CT molecular complexity index is 687. The maximum atomic E-state index is 10.6. The Balaban J connectivity index is 1.73. The second kappa shape index (κ2) is 4.52. The molecule has 0 aromatic heterocycles. The molecule has 1 saturated heterocycles. The Morgan fingerprint density at radius 1 is 1.39 bits per heavy atom. The van der Waals surface area contributed by atoms with Crippen LogP contribution in [0.4, 0.5) is 0 Å². The summed E-state index contributed by atoms with van der Waals surface area (Å²) >= 11 is 0. The fourth-order valence-electron chi connectivity index (χ4n) is 5.99. The highest BCUT2D eigenvalue weighted by Gasteiger charge is 2.65. The van der Waals surface area contributed by atoms with Crippen LogP contribution in [0.1, 0.15) is 30.4 Å². The molecule has 2 N–H and O–H groups in total. The molecule has 1 spiro atoms. The molecule has 3 unspecified atom stereocenters. The normalized spacial score (nSPS) is 40.4. The van der Waals surface area contributed by atoms with Crippen LogP contribution in [0.15, 0.2) is 24.8 Å². The van der Waals surface area contributed by atoms with Crippen molar-refractivity contribution >= 4 is 0 Å². The van der Waals surface area contributed by atoms with E-state index in [4.69, 9.17) is 4.74 Å². The zero-order valence-electron chi connectivity index (χ0n) is 13.2. The lowest BCUT2D eigenvalue weighted by atomic mass is 9.51. The first-order valence-electron chi connectivity index (χ1n) is 8.72. The van der Waals surface area contributed by atoms with E-state index in [2.05, 4.69) is 17.5 Å². The lowest BCUT2D eigenvalue weighted by Gasteiger charge is -2.59. The maximum Gasteiger partial charge on any atom is 0.165 e. The number of phenolic OH excluding ortho intramolecular Hbond substituents is 1. The van der Waals surface area contributed by atoms with Crippen LogP contribution in [0, 0.1) is 5.92 Å². The quantitative estimate of drug-likeness (QED) is 0.820. The van der Waals surface area contributed by atoms with Crippen LogP contribution in [0.5, 0.6) is 11.5 Å². The van der Waals surface area contributed by atoms with Gasteiger partial charge in [-0.1, -0.05) is 12.1 Å². The molecular weight excluding hydrogens is 290 g/mol. The molecule has 5 atom stereocenters. The first kappa shape index (κ1) is 13.9. The van der Waals surface area contributed by atoms with Crippen LogP contribution in [0.25, 0.3) is 0 Å². The molecule has 122 valence electrons. The number of likely N-dealkylation sites (tertiary alicyclic amines) is 1. The minimum atomic E-state index is -0.435. The third kappa shape index (κ3) is 1.54. The Morgan fingerprint density at radius 2 is 2.26 bits per heavy atom.